The van der Waals surface area contributed by atoms with Gasteiger partial charge in [0, 0.05) is 19.6 Å². The lowest BCUT2D eigenvalue weighted by Crippen LogP contribution is -2.46. The summed E-state index contributed by atoms with van der Waals surface area (Å²) in [7, 11) is 5.76. The molecule has 1 aromatic rings. The molecule has 1 aromatic carbocycles. The number of nitrogens with one attached hydrogen (secondary N) is 1. The predicted molar refractivity (Wildman–Crippen MR) is 90.5 cm³/mol. The molecule has 0 saturated carbocycles. The number of nitrogens with zero attached hydrogens (tertiary/aromatic N) is 2. The first-order valence-corrected chi connectivity index (χ1v) is 7.80. The number of carbonyl (C=O) groups is 1. The maximum Gasteiger partial charge on any atom is 0.317 e. The molecule has 0 unspecified atom stereocenters. The van der Waals surface area contributed by atoms with Crippen molar-refractivity contribution in [1.82, 2.24) is 15.1 Å². The van der Waals surface area contributed by atoms with Gasteiger partial charge in [0.05, 0.1) is 6.54 Å². The highest BCUT2D eigenvalue weighted by molar-refractivity contribution is 5.74. The minimum Gasteiger partial charge on any atom is -0.492 e. The van der Waals surface area contributed by atoms with E-state index in [0.717, 1.165) is 18.7 Å². The molecule has 0 aromatic heterocycles. The summed E-state index contributed by atoms with van der Waals surface area (Å²) >= 11 is 0. The zero-order valence-electron chi connectivity index (χ0n) is 14.4. The van der Waals surface area contributed by atoms with E-state index in [2.05, 4.69) is 23.2 Å². The van der Waals surface area contributed by atoms with Crippen LogP contribution in [0.2, 0.25) is 0 Å². The Hall–Kier alpha value is -1.75. The molecular formula is C17H29N3O2. The molecule has 22 heavy (non-hydrogen) atoms. The topological polar surface area (TPSA) is 44.8 Å². The van der Waals surface area contributed by atoms with E-state index in [-0.39, 0.29) is 12.1 Å². The molecule has 1 N–H and O–H groups in total. The van der Waals surface area contributed by atoms with Crippen molar-refractivity contribution in [2.24, 2.45) is 0 Å². The molecule has 5 heteroatoms. The van der Waals surface area contributed by atoms with Gasteiger partial charge in [0.1, 0.15) is 12.4 Å². The minimum absolute atomic E-state index is 0.0692. The highest BCUT2D eigenvalue weighted by Gasteiger charge is 2.12. The minimum atomic E-state index is -0.0692. The summed E-state index contributed by atoms with van der Waals surface area (Å²) < 4.78 is 5.71. The Kier molecular flexibility index (Phi) is 7.74. The lowest BCUT2D eigenvalue weighted by Gasteiger charge is -2.23. The molecule has 0 fully saturated rings. The smallest absolute Gasteiger partial charge is 0.317 e. The number of carbonyl (C=O) groups excluding carboxylic acids is 1. The van der Waals surface area contributed by atoms with Crippen LogP contribution in [0.3, 0.4) is 0 Å². The van der Waals surface area contributed by atoms with Gasteiger partial charge in [-0.05, 0) is 45.1 Å². The van der Waals surface area contributed by atoms with Gasteiger partial charge in [0.15, 0.2) is 0 Å². The van der Waals surface area contributed by atoms with Crippen molar-refractivity contribution in [3.05, 3.63) is 29.8 Å². The Morgan fingerprint density at radius 1 is 1.32 bits per heavy atom. The van der Waals surface area contributed by atoms with Crippen molar-refractivity contribution in [3.8, 4) is 5.75 Å². The van der Waals surface area contributed by atoms with E-state index in [1.54, 1.807) is 11.9 Å². The summed E-state index contributed by atoms with van der Waals surface area (Å²) in [6, 6.07) is 8.11. The average Bonchev–Trinajstić information content (AvgIpc) is 2.46. The van der Waals surface area contributed by atoms with Gasteiger partial charge in [-0.25, -0.2) is 4.79 Å². The summed E-state index contributed by atoms with van der Waals surface area (Å²) in [5.41, 5.74) is 1.25. The van der Waals surface area contributed by atoms with Crippen molar-refractivity contribution in [3.63, 3.8) is 0 Å². The van der Waals surface area contributed by atoms with Crippen molar-refractivity contribution < 1.29 is 9.53 Å². The number of urea groups is 1. The van der Waals surface area contributed by atoms with Crippen LogP contribution in [0.15, 0.2) is 24.3 Å². The van der Waals surface area contributed by atoms with Crippen LogP contribution in [0.25, 0.3) is 0 Å². The summed E-state index contributed by atoms with van der Waals surface area (Å²) in [5.74, 6) is 0.856. The Labute approximate surface area is 134 Å². The highest BCUT2D eigenvalue weighted by Crippen LogP contribution is 2.13. The third kappa shape index (κ3) is 6.80. The SMILES string of the molecule is CCc1cccc(OCCN(C)C(=O)N[C@@H](C)CN(C)C)c1. The van der Waals surface area contributed by atoms with Gasteiger partial charge in [-0.2, -0.15) is 0 Å². The second kappa shape index (κ2) is 9.30. The molecule has 0 aliphatic rings. The van der Waals surface area contributed by atoms with E-state index in [1.807, 2.05) is 39.2 Å². The quantitative estimate of drug-likeness (QED) is 0.801. The molecular weight excluding hydrogens is 278 g/mol. The first-order valence-electron chi connectivity index (χ1n) is 7.80. The molecule has 1 atom stereocenters. The van der Waals surface area contributed by atoms with Gasteiger partial charge in [-0.15, -0.1) is 0 Å². The van der Waals surface area contributed by atoms with Crippen LogP contribution in [0.1, 0.15) is 19.4 Å². The highest BCUT2D eigenvalue weighted by atomic mass is 16.5. The molecule has 2 amide bonds. The summed E-state index contributed by atoms with van der Waals surface area (Å²) in [5, 5.41) is 2.97. The molecule has 1 rings (SSSR count). The molecule has 0 saturated heterocycles. The van der Waals surface area contributed by atoms with Crippen LogP contribution in [-0.4, -0.2) is 62.7 Å². The largest absolute Gasteiger partial charge is 0.492 e. The monoisotopic (exact) mass is 307 g/mol. The van der Waals surface area contributed by atoms with E-state index in [0.29, 0.717) is 13.2 Å². The zero-order valence-corrected chi connectivity index (χ0v) is 14.4. The molecule has 5 nitrogen and oxygen atoms in total. The maximum atomic E-state index is 12.0. The van der Waals surface area contributed by atoms with Crippen LogP contribution in [-0.2, 0) is 6.42 Å². The van der Waals surface area contributed by atoms with E-state index in [1.165, 1.54) is 5.56 Å². The van der Waals surface area contributed by atoms with E-state index in [4.69, 9.17) is 4.74 Å². The molecule has 124 valence electrons. The molecule has 0 aliphatic carbocycles. The number of aryl methyl sites for hydroxylation is 1. The maximum absolute atomic E-state index is 12.0. The van der Waals surface area contributed by atoms with Gasteiger partial charge in [-0.3, -0.25) is 0 Å². The third-order valence-corrected chi connectivity index (χ3v) is 3.36. The van der Waals surface area contributed by atoms with Gasteiger partial charge in [-0.1, -0.05) is 19.1 Å². The fourth-order valence-corrected chi connectivity index (χ4v) is 2.17. The second-order valence-electron chi connectivity index (χ2n) is 5.88. The number of amides is 2. The Bertz CT molecular complexity index is 463. The average molecular weight is 307 g/mol. The fraction of sp³-hybridized carbons (Fsp3) is 0.588. The molecule has 0 radical (unpaired) electrons. The summed E-state index contributed by atoms with van der Waals surface area (Å²) in [4.78, 5) is 15.7. The van der Waals surface area contributed by atoms with E-state index >= 15 is 0 Å². The number of ether oxygens (including phenoxy) is 1. The first kappa shape index (κ1) is 18.3. The Morgan fingerprint density at radius 3 is 2.68 bits per heavy atom. The Morgan fingerprint density at radius 2 is 2.05 bits per heavy atom. The predicted octanol–water partition coefficient (Wildman–Crippen LogP) is 2.22. The van der Waals surface area contributed by atoms with Crippen molar-refractivity contribution >= 4 is 6.03 Å². The normalized spacial score (nSPS) is 12.1. The van der Waals surface area contributed by atoms with Gasteiger partial charge < -0.3 is 19.9 Å². The van der Waals surface area contributed by atoms with Crippen LogP contribution in [0.5, 0.6) is 5.75 Å². The summed E-state index contributed by atoms with van der Waals surface area (Å²) in [6.07, 6.45) is 0.989. The second-order valence-corrected chi connectivity index (χ2v) is 5.88. The van der Waals surface area contributed by atoms with Crippen molar-refractivity contribution in [2.45, 2.75) is 26.3 Å². The standard InChI is InChI=1S/C17H29N3O2/c1-6-15-8-7-9-16(12-15)22-11-10-20(5)17(21)18-14(2)13-19(3)4/h7-9,12,14H,6,10-11,13H2,1-5H3,(H,18,21)/t14-/m0/s1. The van der Waals surface area contributed by atoms with Crippen LogP contribution in [0, 0.1) is 0 Å². The fourth-order valence-electron chi connectivity index (χ4n) is 2.17. The van der Waals surface area contributed by atoms with Gasteiger partial charge in [0.25, 0.3) is 0 Å². The summed E-state index contributed by atoms with van der Waals surface area (Å²) in [6.45, 7) is 5.97. The number of rotatable bonds is 8. The van der Waals surface area contributed by atoms with E-state index < -0.39 is 0 Å². The van der Waals surface area contributed by atoms with Gasteiger partial charge in [0.2, 0.25) is 0 Å². The lowest BCUT2D eigenvalue weighted by molar-refractivity contribution is 0.190. The number of hydrogen-bond donors (Lipinski definition) is 1. The molecule has 0 spiro atoms. The zero-order chi connectivity index (χ0) is 16.5. The number of hydrogen-bond acceptors (Lipinski definition) is 3. The lowest BCUT2D eigenvalue weighted by atomic mass is 10.2. The van der Waals surface area contributed by atoms with E-state index in [9.17, 15) is 4.79 Å². The van der Waals surface area contributed by atoms with Crippen LogP contribution < -0.4 is 10.1 Å². The van der Waals surface area contributed by atoms with Crippen LogP contribution in [0.4, 0.5) is 4.79 Å². The third-order valence-electron chi connectivity index (χ3n) is 3.36. The van der Waals surface area contributed by atoms with Crippen LogP contribution >= 0.6 is 0 Å². The molecule has 0 aliphatic heterocycles. The van der Waals surface area contributed by atoms with Crippen molar-refractivity contribution in [1.29, 1.82) is 0 Å². The first-order chi connectivity index (χ1) is 10.4. The molecule has 0 bridgehead atoms. The number of likely N-dealkylation sites (N-methyl/N-ethyl adjacent to an activating group) is 2. The Balaban J connectivity index is 2.32. The van der Waals surface area contributed by atoms with Crippen molar-refractivity contribution in [2.75, 3.05) is 40.8 Å². The molecule has 0 heterocycles. The van der Waals surface area contributed by atoms with Gasteiger partial charge >= 0.3 is 6.03 Å². The number of benzene rings is 1.